The van der Waals surface area contributed by atoms with E-state index >= 15 is 0 Å². The van der Waals surface area contributed by atoms with Gasteiger partial charge in [-0.05, 0) is 63.8 Å². The first-order chi connectivity index (χ1) is 14.3. The number of amides is 1. The minimum absolute atomic E-state index is 0.0464. The predicted molar refractivity (Wildman–Crippen MR) is 113 cm³/mol. The molecule has 0 radical (unpaired) electrons. The Hall–Kier alpha value is -2.32. The Morgan fingerprint density at radius 3 is 2.43 bits per heavy atom. The molecule has 0 aliphatic carbocycles. The fourth-order valence-corrected chi connectivity index (χ4v) is 6.23. The second-order valence-corrected chi connectivity index (χ2v) is 10.8. The standard InChI is InChI=1S/C22H26FN3O3S/c1-14(2)30(28,29)26-19-7-8-20(26)12-18(11-19)25-22(27)16-6-9-21(24-13-16)15-4-3-5-17(23)10-15/h3-6,9-10,13-14,18-20H,7-8,11-12H2,1-2H3,(H,25,27)/t18-,19-,20+. The fraction of sp³-hybridized carbons (Fsp3) is 0.455. The summed E-state index contributed by atoms with van der Waals surface area (Å²) in [5.41, 5.74) is 1.67. The molecule has 2 bridgehead atoms. The molecule has 0 unspecified atom stereocenters. The molecule has 1 aromatic carbocycles. The number of fused-ring (bicyclic) bond motifs is 2. The van der Waals surface area contributed by atoms with Crippen LogP contribution in [0, 0.1) is 5.82 Å². The number of hydrogen-bond acceptors (Lipinski definition) is 4. The Morgan fingerprint density at radius 1 is 1.17 bits per heavy atom. The van der Waals surface area contributed by atoms with E-state index < -0.39 is 15.3 Å². The van der Waals surface area contributed by atoms with Crippen LogP contribution in [0.4, 0.5) is 4.39 Å². The van der Waals surface area contributed by atoms with Gasteiger partial charge in [-0.15, -0.1) is 0 Å². The summed E-state index contributed by atoms with van der Waals surface area (Å²) in [4.78, 5) is 17.0. The van der Waals surface area contributed by atoms with E-state index in [1.165, 1.54) is 18.3 Å². The quantitative estimate of drug-likeness (QED) is 0.787. The Balaban J connectivity index is 1.42. The van der Waals surface area contributed by atoms with Gasteiger partial charge in [0.25, 0.3) is 5.91 Å². The number of sulfonamides is 1. The number of pyridine rings is 1. The molecule has 2 fully saturated rings. The largest absolute Gasteiger partial charge is 0.349 e. The van der Waals surface area contributed by atoms with Gasteiger partial charge in [0.2, 0.25) is 10.0 Å². The summed E-state index contributed by atoms with van der Waals surface area (Å²) in [7, 11) is -3.29. The molecule has 1 amide bonds. The van der Waals surface area contributed by atoms with Gasteiger partial charge in [-0.2, -0.15) is 4.31 Å². The minimum Gasteiger partial charge on any atom is -0.349 e. The summed E-state index contributed by atoms with van der Waals surface area (Å²) in [5, 5.41) is 2.61. The van der Waals surface area contributed by atoms with Crippen LogP contribution in [-0.4, -0.2) is 47.0 Å². The maximum atomic E-state index is 13.4. The summed E-state index contributed by atoms with van der Waals surface area (Å²) in [6.07, 6.45) is 4.42. The van der Waals surface area contributed by atoms with Gasteiger partial charge in [-0.3, -0.25) is 9.78 Å². The first kappa shape index (κ1) is 20.9. The van der Waals surface area contributed by atoms with E-state index in [1.807, 2.05) is 0 Å². The summed E-state index contributed by atoms with van der Waals surface area (Å²) >= 11 is 0. The molecule has 30 heavy (non-hydrogen) atoms. The van der Waals surface area contributed by atoms with E-state index in [-0.39, 0.29) is 29.8 Å². The zero-order chi connectivity index (χ0) is 21.5. The molecule has 8 heteroatoms. The number of nitrogens with one attached hydrogen (secondary N) is 1. The molecule has 2 saturated heterocycles. The highest BCUT2D eigenvalue weighted by molar-refractivity contribution is 7.89. The second-order valence-electron chi connectivity index (χ2n) is 8.39. The molecule has 2 aromatic rings. The van der Waals surface area contributed by atoms with E-state index in [2.05, 4.69) is 10.3 Å². The Bertz CT molecular complexity index is 1030. The van der Waals surface area contributed by atoms with Crippen LogP contribution in [-0.2, 0) is 10.0 Å². The molecular formula is C22H26FN3O3S. The lowest BCUT2D eigenvalue weighted by Gasteiger charge is -2.39. The van der Waals surface area contributed by atoms with E-state index in [1.54, 1.807) is 42.4 Å². The van der Waals surface area contributed by atoms with Crippen LogP contribution in [0.25, 0.3) is 11.3 Å². The van der Waals surface area contributed by atoms with Gasteiger partial charge in [0.05, 0.1) is 16.5 Å². The molecule has 3 heterocycles. The van der Waals surface area contributed by atoms with Crippen molar-refractivity contribution in [3.8, 4) is 11.3 Å². The number of benzene rings is 1. The van der Waals surface area contributed by atoms with Crippen molar-refractivity contribution in [2.45, 2.75) is 62.9 Å². The van der Waals surface area contributed by atoms with Crippen molar-refractivity contribution in [1.29, 1.82) is 0 Å². The van der Waals surface area contributed by atoms with Crippen molar-refractivity contribution in [2.75, 3.05) is 0 Å². The number of carbonyl (C=O) groups excluding carboxylic acids is 1. The monoisotopic (exact) mass is 431 g/mol. The van der Waals surface area contributed by atoms with Gasteiger partial charge < -0.3 is 5.32 Å². The van der Waals surface area contributed by atoms with Gasteiger partial charge in [0.1, 0.15) is 5.82 Å². The number of carbonyl (C=O) groups is 1. The van der Waals surface area contributed by atoms with Crippen LogP contribution in [0.5, 0.6) is 0 Å². The van der Waals surface area contributed by atoms with Crippen LogP contribution in [0.2, 0.25) is 0 Å². The average Bonchev–Trinajstić information content (AvgIpc) is 3.00. The van der Waals surface area contributed by atoms with Gasteiger partial charge in [0.15, 0.2) is 0 Å². The van der Waals surface area contributed by atoms with E-state index in [0.29, 0.717) is 29.7 Å². The van der Waals surface area contributed by atoms with Crippen LogP contribution in [0.15, 0.2) is 42.6 Å². The molecular weight excluding hydrogens is 405 g/mol. The number of halogens is 1. The van der Waals surface area contributed by atoms with Gasteiger partial charge in [-0.25, -0.2) is 12.8 Å². The highest BCUT2D eigenvalue weighted by atomic mass is 32.2. The number of aromatic nitrogens is 1. The van der Waals surface area contributed by atoms with Crippen molar-refractivity contribution in [3.63, 3.8) is 0 Å². The van der Waals surface area contributed by atoms with Gasteiger partial charge >= 0.3 is 0 Å². The summed E-state index contributed by atoms with van der Waals surface area (Å²) in [5.74, 6) is -0.561. The first-order valence-corrected chi connectivity index (χ1v) is 11.8. The number of hydrogen-bond donors (Lipinski definition) is 1. The lowest BCUT2D eigenvalue weighted by atomic mass is 9.99. The maximum Gasteiger partial charge on any atom is 0.253 e. The lowest BCUT2D eigenvalue weighted by Crippen LogP contribution is -2.53. The fourth-order valence-electron chi connectivity index (χ4n) is 4.53. The van der Waals surface area contributed by atoms with Crippen LogP contribution in [0.3, 0.4) is 0 Å². The maximum absolute atomic E-state index is 13.4. The molecule has 1 aromatic heterocycles. The predicted octanol–water partition coefficient (Wildman–Crippen LogP) is 3.35. The third-order valence-corrected chi connectivity index (χ3v) is 8.41. The third kappa shape index (κ3) is 3.98. The molecule has 2 aliphatic heterocycles. The number of nitrogens with zero attached hydrogens (tertiary/aromatic N) is 2. The Kier molecular flexibility index (Phi) is 5.63. The number of piperidine rings is 1. The van der Waals surface area contributed by atoms with Crippen molar-refractivity contribution in [3.05, 3.63) is 54.0 Å². The molecule has 3 atom stereocenters. The van der Waals surface area contributed by atoms with Gasteiger partial charge in [-0.1, -0.05) is 12.1 Å². The summed E-state index contributed by atoms with van der Waals surface area (Å²) in [6.45, 7) is 3.42. The van der Waals surface area contributed by atoms with E-state index in [0.717, 1.165) is 12.8 Å². The molecule has 4 rings (SSSR count). The van der Waals surface area contributed by atoms with Crippen LogP contribution >= 0.6 is 0 Å². The van der Waals surface area contributed by atoms with E-state index in [4.69, 9.17) is 0 Å². The minimum atomic E-state index is -3.29. The van der Waals surface area contributed by atoms with Crippen LogP contribution < -0.4 is 5.32 Å². The molecule has 2 aliphatic rings. The van der Waals surface area contributed by atoms with Crippen LogP contribution in [0.1, 0.15) is 49.9 Å². The third-order valence-electron chi connectivity index (χ3n) is 6.04. The Morgan fingerprint density at radius 2 is 1.87 bits per heavy atom. The topological polar surface area (TPSA) is 79.4 Å². The van der Waals surface area contributed by atoms with Gasteiger partial charge in [0, 0.05) is 29.9 Å². The zero-order valence-electron chi connectivity index (χ0n) is 17.1. The molecule has 0 spiro atoms. The smallest absolute Gasteiger partial charge is 0.253 e. The molecule has 0 saturated carbocycles. The second kappa shape index (κ2) is 8.07. The molecule has 6 nitrogen and oxygen atoms in total. The highest BCUT2D eigenvalue weighted by Gasteiger charge is 2.47. The van der Waals surface area contributed by atoms with E-state index in [9.17, 15) is 17.6 Å². The summed E-state index contributed by atoms with van der Waals surface area (Å²) in [6, 6.07) is 9.38. The van der Waals surface area contributed by atoms with Crippen molar-refractivity contribution in [1.82, 2.24) is 14.6 Å². The summed E-state index contributed by atoms with van der Waals surface area (Å²) < 4.78 is 40.4. The zero-order valence-corrected chi connectivity index (χ0v) is 17.9. The number of rotatable bonds is 5. The molecule has 1 N–H and O–H groups in total. The van der Waals surface area contributed by atoms with Crippen molar-refractivity contribution in [2.24, 2.45) is 0 Å². The molecule has 160 valence electrons. The Labute approximate surface area is 176 Å². The van der Waals surface area contributed by atoms with Crippen molar-refractivity contribution < 1.29 is 17.6 Å². The lowest BCUT2D eigenvalue weighted by molar-refractivity contribution is 0.0908. The SMILES string of the molecule is CC(C)S(=O)(=O)N1[C@@H]2CC[C@H]1C[C@H](NC(=O)c1ccc(-c3cccc(F)c3)nc1)C2. The van der Waals surface area contributed by atoms with Crippen molar-refractivity contribution >= 4 is 15.9 Å². The normalized spacial score (nSPS) is 24.2. The first-order valence-electron chi connectivity index (χ1n) is 10.3. The highest BCUT2D eigenvalue weighted by Crippen LogP contribution is 2.39. The average molecular weight is 432 g/mol.